The molecule has 8 nitrogen and oxygen atoms in total. The molecule has 3 N–H and O–H groups in total. The van der Waals surface area contributed by atoms with Gasteiger partial charge in [-0.2, -0.15) is 5.10 Å². The lowest BCUT2D eigenvalue weighted by Crippen LogP contribution is -2.31. The number of aryl methyl sites for hydroxylation is 1. The molecule has 1 aromatic heterocycles. The highest BCUT2D eigenvalue weighted by Crippen LogP contribution is 2.10. The number of carbonyl (C=O) groups is 3. The largest absolute Gasteiger partial charge is 0.481 e. The van der Waals surface area contributed by atoms with Crippen LogP contribution in [0.15, 0.2) is 0 Å². The van der Waals surface area contributed by atoms with Gasteiger partial charge in [0.1, 0.15) is 6.54 Å². The number of nitrogens with zero attached hydrogens (tertiary/aromatic N) is 2. The maximum Gasteiger partial charge on any atom is 0.305 e. The summed E-state index contributed by atoms with van der Waals surface area (Å²) in [6.07, 6.45) is 0.657. The summed E-state index contributed by atoms with van der Waals surface area (Å²) in [6.45, 7) is 6.46. The Morgan fingerprint density at radius 3 is 2.26 bits per heavy atom. The molecule has 0 atom stereocenters. The molecule has 0 aromatic carbocycles. The van der Waals surface area contributed by atoms with Gasteiger partial charge in [-0.3, -0.25) is 19.1 Å². The molecule has 0 saturated carbocycles. The number of hydrogen-bond donors (Lipinski definition) is 3. The van der Waals surface area contributed by atoms with Gasteiger partial charge in [0.05, 0.1) is 12.1 Å². The fraction of sp³-hybridized carbons (Fsp3) is 0.600. The fourth-order valence-corrected chi connectivity index (χ4v) is 2.01. The van der Waals surface area contributed by atoms with E-state index in [-0.39, 0.29) is 37.7 Å². The topological polar surface area (TPSA) is 113 Å². The van der Waals surface area contributed by atoms with E-state index in [0.717, 1.165) is 17.0 Å². The summed E-state index contributed by atoms with van der Waals surface area (Å²) in [4.78, 5) is 33.6. The number of carboxylic acids is 1. The van der Waals surface area contributed by atoms with E-state index in [1.54, 1.807) is 4.68 Å². The first-order valence-corrected chi connectivity index (χ1v) is 7.57. The minimum atomic E-state index is -0.947. The Labute approximate surface area is 135 Å². The smallest absolute Gasteiger partial charge is 0.305 e. The molecule has 0 aliphatic rings. The molecule has 0 aliphatic carbocycles. The molecule has 0 fully saturated rings. The van der Waals surface area contributed by atoms with Crippen LogP contribution in [0.4, 0.5) is 0 Å². The van der Waals surface area contributed by atoms with E-state index in [9.17, 15) is 14.4 Å². The van der Waals surface area contributed by atoms with Crippen LogP contribution in [0, 0.1) is 20.8 Å². The summed E-state index contributed by atoms with van der Waals surface area (Å²) in [5.74, 6) is -1.31. The second-order valence-corrected chi connectivity index (χ2v) is 5.40. The highest BCUT2D eigenvalue weighted by molar-refractivity contribution is 5.77. The van der Waals surface area contributed by atoms with Crippen molar-refractivity contribution < 1.29 is 19.5 Å². The number of nitrogens with one attached hydrogen (secondary N) is 2. The van der Waals surface area contributed by atoms with Crippen LogP contribution in [0.5, 0.6) is 0 Å². The predicted octanol–water partition coefficient (Wildman–Crippen LogP) is 0.296. The van der Waals surface area contributed by atoms with Crippen LogP contribution in [-0.4, -0.2) is 45.8 Å². The van der Waals surface area contributed by atoms with Gasteiger partial charge < -0.3 is 15.7 Å². The molecular weight excluding hydrogens is 300 g/mol. The first-order chi connectivity index (χ1) is 10.8. The molecule has 1 aromatic rings. The average Bonchev–Trinajstić information content (AvgIpc) is 2.70. The summed E-state index contributed by atoms with van der Waals surface area (Å²) in [7, 11) is 0. The maximum atomic E-state index is 11.8. The highest BCUT2D eigenvalue weighted by Gasteiger charge is 2.10. The molecule has 0 saturated heterocycles. The third-order valence-electron chi connectivity index (χ3n) is 3.60. The van der Waals surface area contributed by atoms with Gasteiger partial charge in [-0.15, -0.1) is 0 Å². The Hall–Kier alpha value is -2.38. The van der Waals surface area contributed by atoms with Gasteiger partial charge in [0, 0.05) is 25.2 Å². The van der Waals surface area contributed by atoms with Crippen molar-refractivity contribution in [2.75, 3.05) is 13.1 Å². The molecule has 8 heteroatoms. The van der Waals surface area contributed by atoms with Crippen molar-refractivity contribution in [3.8, 4) is 0 Å². The molecular formula is C15H24N4O4. The van der Waals surface area contributed by atoms with Crippen LogP contribution in [0.3, 0.4) is 0 Å². The molecule has 0 radical (unpaired) electrons. The third-order valence-corrected chi connectivity index (χ3v) is 3.60. The molecule has 0 unspecified atom stereocenters. The first kappa shape index (κ1) is 18.7. The Balaban J connectivity index is 2.20. The second-order valence-electron chi connectivity index (χ2n) is 5.40. The highest BCUT2D eigenvalue weighted by atomic mass is 16.4. The normalized spacial score (nSPS) is 10.4. The number of hydrogen-bond acceptors (Lipinski definition) is 4. The zero-order valence-corrected chi connectivity index (χ0v) is 13.8. The lowest BCUT2D eigenvalue weighted by molar-refractivity contribution is -0.137. The average molecular weight is 324 g/mol. The summed E-state index contributed by atoms with van der Waals surface area (Å²) in [5.41, 5.74) is 2.96. The first-order valence-electron chi connectivity index (χ1n) is 7.57. The van der Waals surface area contributed by atoms with Gasteiger partial charge in [-0.05, 0) is 32.8 Å². The van der Waals surface area contributed by atoms with Crippen LogP contribution < -0.4 is 10.6 Å². The second kappa shape index (κ2) is 8.92. The predicted molar refractivity (Wildman–Crippen MR) is 83.9 cm³/mol. The fourth-order valence-electron chi connectivity index (χ4n) is 2.01. The van der Waals surface area contributed by atoms with Crippen molar-refractivity contribution in [3.63, 3.8) is 0 Å². The summed E-state index contributed by atoms with van der Waals surface area (Å²) in [5, 5.41) is 18.0. The zero-order chi connectivity index (χ0) is 17.4. The van der Waals surface area contributed by atoms with Crippen LogP contribution in [0.25, 0.3) is 0 Å². The van der Waals surface area contributed by atoms with Gasteiger partial charge in [0.25, 0.3) is 0 Å². The summed E-state index contributed by atoms with van der Waals surface area (Å²) < 4.78 is 1.67. The minimum Gasteiger partial charge on any atom is -0.481 e. The number of aliphatic carboxylic acids is 1. The van der Waals surface area contributed by atoms with E-state index in [1.165, 1.54) is 0 Å². The van der Waals surface area contributed by atoms with E-state index in [4.69, 9.17) is 5.11 Å². The van der Waals surface area contributed by atoms with Crippen molar-refractivity contribution >= 4 is 17.8 Å². The van der Waals surface area contributed by atoms with Crippen molar-refractivity contribution in [2.45, 2.75) is 46.6 Å². The van der Waals surface area contributed by atoms with Crippen LogP contribution >= 0.6 is 0 Å². The van der Waals surface area contributed by atoms with Crippen molar-refractivity contribution in [2.24, 2.45) is 0 Å². The molecule has 2 amide bonds. The van der Waals surface area contributed by atoms with Gasteiger partial charge in [0.2, 0.25) is 11.8 Å². The standard InChI is InChI=1S/C15H24N4O4/c1-10-11(2)18-19(12(10)3)9-14(21)16-7-4-5-13(20)17-8-6-15(22)23/h4-9H2,1-3H3,(H,16,21)(H,17,20)(H,22,23). The van der Waals surface area contributed by atoms with Crippen molar-refractivity contribution in [3.05, 3.63) is 17.0 Å². The molecule has 0 bridgehead atoms. The lowest BCUT2D eigenvalue weighted by Gasteiger charge is -2.07. The van der Waals surface area contributed by atoms with E-state index in [2.05, 4.69) is 15.7 Å². The van der Waals surface area contributed by atoms with Gasteiger partial charge in [-0.1, -0.05) is 0 Å². The monoisotopic (exact) mass is 324 g/mol. The van der Waals surface area contributed by atoms with E-state index < -0.39 is 5.97 Å². The number of carboxylic acid groups (broad SMARTS) is 1. The summed E-state index contributed by atoms with van der Waals surface area (Å²) >= 11 is 0. The van der Waals surface area contributed by atoms with Crippen LogP contribution in [-0.2, 0) is 20.9 Å². The number of amides is 2. The van der Waals surface area contributed by atoms with Crippen molar-refractivity contribution in [1.29, 1.82) is 0 Å². The zero-order valence-electron chi connectivity index (χ0n) is 13.8. The Morgan fingerprint density at radius 2 is 1.70 bits per heavy atom. The van der Waals surface area contributed by atoms with Crippen LogP contribution in [0.2, 0.25) is 0 Å². The van der Waals surface area contributed by atoms with Gasteiger partial charge >= 0.3 is 5.97 Å². The summed E-state index contributed by atoms with van der Waals surface area (Å²) in [6, 6.07) is 0. The number of rotatable bonds is 9. The van der Waals surface area contributed by atoms with Gasteiger partial charge in [0.15, 0.2) is 0 Å². The lowest BCUT2D eigenvalue weighted by atomic mass is 10.2. The Morgan fingerprint density at radius 1 is 1.04 bits per heavy atom. The van der Waals surface area contributed by atoms with E-state index >= 15 is 0 Å². The van der Waals surface area contributed by atoms with E-state index in [0.29, 0.717) is 13.0 Å². The molecule has 23 heavy (non-hydrogen) atoms. The molecule has 1 rings (SSSR count). The van der Waals surface area contributed by atoms with Crippen molar-refractivity contribution in [1.82, 2.24) is 20.4 Å². The number of carbonyl (C=O) groups excluding carboxylic acids is 2. The molecule has 0 spiro atoms. The molecule has 128 valence electrons. The third kappa shape index (κ3) is 6.50. The Bertz CT molecular complexity index is 580. The maximum absolute atomic E-state index is 11.8. The van der Waals surface area contributed by atoms with Crippen LogP contribution in [0.1, 0.15) is 36.2 Å². The quantitative estimate of drug-likeness (QED) is 0.565. The Kier molecular flexibility index (Phi) is 7.24. The number of aromatic nitrogens is 2. The molecule has 0 aliphatic heterocycles. The molecule has 1 heterocycles. The van der Waals surface area contributed by atoms with E-state index in [1.807, 2.05) is 20.8 Å². The van der Waals surface area contributed by atoms with Gasteiger partial charge in [-0.25, -0.2) is 0 Å². The minimum absolute atomic E-state index is 0.0927. The SMILES string of the molecule is Cc1nn(CC(=O)NCCCC(=O)NCCC(=O)O)c(C)c1C.